The van der Waals surface area contributed by atoms with Gasteiger partial charge in [-0.05, 0) is 116 Å². The van der Waals surface area contributed by atoms with E-state index >= 15 is 0 Å². The lowest BCUT2D eigenvalue weighted by atomic mass is 9.99. The summed E-state index contributed by atoms with van der Waals surface area (Å²) in [5.41, 5.74) is 10.7. The SMILES string of the molecule is CC1=C(CCC(=O)O)c2cc3nc(cc4c(C)cc(cc5[nH]c(cc1n2)c(CCC(=O)O)c5C)n4CCC(=O)O)C(CCC(=O)O)=C3C. The van der Waals surface area contributed by atoms with Gasteiger partial charge in [-0.2, -0.15) is 0 Å². The summed E-state index contributed by atoms with van der Waals surface area (Å²) in [7, 11) is 0. The van der Waals surface area contributed by atoms with E-state index in [1.807, 2.05) is 56.5 Å². The number of nitrogens with zero attached hydrogens (tertiary/aromatic N) is 3. The van der Waals surface area contributed by atoms with Crippen LogP contribution in [0, 0.1) is 13.8 Å². The summed E-state index contributed by atoms with van der Waals surface area (Å²) in [6, 6.07) is 9.39. The molecule has 0 aromatic carbocycles. The first-order valence-corrected chi connectivity index (χ1v) is 15.7. The van der Waals surface area contributed by atoms with Gasteiger partial charge in [-0.15, -0.1) is 0 Å². The Labute approximate surface area is 276 Å². The Morgan fingerprint density at radius 2 is 1.15 bits per heavy atom. The molecule has 12 nitrogen and oxygen atoms in total. The minimum atomic E-state index is -0.958. The molecule has 0 fully saturated rings. The van der Waals surface area contributed by atoms with Crippen LogP contribution in [0.15, 0.2) is 30.3 Å². The molecular weight excluding hydrogens is 616 g/mol. The van der Waals surface area contributed by atoms with Gasteiger partial charge in [0, 0.05) is 47.9 Å². The number of fused-ring (bicyclic) bond motifs is 8. The summed E-state index contributed by atoms with van der Waals surface area (Å²) in [5, 5.41) is 38.1. The number of allylic oxidation sites excluding steroid dienone is 4. The van der Waals surface area contributed by atoms with Gasteiger partial charge in [0.25, 0.3) is 0 Å². The normalized spacial score (nSPS) is 12.9. The monoisotopic (exact) mass is 654 g/mol. The molecule has 3 aromatic heterocycles. The highest BCUT2D eigenvalue weighted by Crippen LogP contribution is 2.38. The first-order valence-electron chi connectivity index (χ1n) is 15.7. The quantitative estimate of drug-likeness (QED) is 0.144. The fourth-order valence-electron chi connectivity index (χ4n) is 6.41. The smallest absolute Gasteiger partial charge is 0.305 e. The van der Waals surface area contributed by atoms with Crippen LogP contribution in [0.2, 0.25) is 0 Å². The molecule has 2 aliphatic heterocycles. The highest BCUT2D eigenvalue weighted by molar-refractivity contribution is 5.96. The molecule has 3 aromatic rings. The zero-order valence-electron chi connectivity index (χ0n) is 27.3. The minimum Gasteiger partial charge on any atom is -0.481 e. The molecule has 250 valence electrons. The Kier molecular flexibility index (Phi) is 9.64. The number of hydrogen-bond acceptors (Lipinski definition) is 6. The maximum absolute atomic E-state index is 11.7. The highest BCUT2D eigenvalue weighted by Gasteiger charge is 2.23. The lowest BCUT2D eigenvalue weighted by Crippen LogP contribution is -2.04. The van der Waals surface area contributed by atoms with Crippen LogP contribution >= 0.6 is 0 Å². The zero-order valence-corrected chi connectivity index (χ0v) is 27.3. The average molecular weight is 655 g/mol. The molecule has 5 rings (SSSR count). The molecule has 2 aliphatic rings. The summed E-state index contributed by atoms with van der Waals surface area (Å²) in [6.45, 7) is 7.74. The molecule has 0 saturated carbocycles. The van der Waals surface area contributed by atoms with Crippen LogP contribution < -0.4 is 0 Å². The van der Waals surface area contributed by atoms with Crippen molar-refractivity contribution in [2.45, 2.75) is 79.2 Å². The van der Waals surface area contributed by atoms with Crippen LogP contribution in [0.3, 0.4) is 0 Å². The topological polar surface area (TPSA) is 196 Å². The summed E-state index contributed by atoms with van der Waals surface area (Å²) in [6.07, 6.45) is 0.273. The molecule has 5 heterocycles. The zero-order chi connectivity index (χ0) is 34.9. The van der Waals surface area contributed by atoms with Crippen molar-refractivity contribution in [3.63, 3.8) is 0 Å². The van der Waals surface area contributed by atoms with Crippen LogP contribution in [-0.4, -0.2) is 63.8 Å². The minimum absolute atomic E-state index is 0.0866. The third-order valence-electron chi connectivity index (χ3n) is 9.03. The Bertz CT molecular complexity index is 2100. The number of nitrogens with one attached hydrogen (secondary N) is 1. The second-order valence-corrected chi connectivity index (χ2v) is 12.2. The number of carboxylic acids is 4. The molecule has 5 N–H and O–H groups in total. The van der Waals surface area contributed by atoms with Gasteiger partial charge >= 0.3 is 23.9 Å². The summed E-state index contributed by atoms with van der Waals surface area (Å²) < 4.78 is 1.91. The Hall–Kier alpha value is -5.52. The van der Waals surface area contributed by atoms with Crippen molar-refractivity contribution in [2.24, 2.45) is 0 Å². The van der Waals surface area contributed by atoms with Gasteiger partial charge < -0.3 is 30.0 Å². The molecule has 0 spiro atoms. The largest absolute Gasteiger partial charge is 0.481 e. The van der Waals surface area contributed by atoms with Crippen molar-refractivity contribution in [2.75, 3.05) is 0 Å². The number of hydrogen-bond donors (Lipinski definition) is 5. The van der Waals surface area contributed by atoms with E-state index in [2.05, 4.69) is 4.98 Å². The second kappa shape index (κ2) is 13.7. The summed E-state index contributed by atoms with van der Waals surface area (Å²) in [5.74, 6) is -3.78. The molecule has 8 bridgehead atoms. The van der Waals surface area contributed by atoms with E-state index in [1.165, 1.54) is 0 Å². The third kappa shape index (κ3) is 7.07. The van der Waals surface area contributed by atoms with E-state index < -0.39 is 23.9 Å². The fourth-order valence-corrected chi connectivity index (χ4v) is 6.41. The van der Waals surface area contributed by atoms with E-state index in [9.17, 15) is 39.6 Å². The average Bonchev–Trinajstić information content (AvgIpc) is 3.66. The standard InChI is InChI=1S/C36H38N4O8/c1-18-13-22-14-26-19(2)23(5-8-33(41)42)29(37-26)15-27-20(3)24(6-9-34(43)44)30(38-27)16-28-21(4)25(7-10-35(45)46)31(39-28)17-32(18)40(22)12-11-36(47)48/h13-17,37H,5-12H2,1-4H3,(H,41,42)(H,43,44)(H,45,46)(H,47,48). The highest BCUT2D eigenvalue weighted by atomic mass is 16.4. The van der Waals surface area contributed by atoms with Crippen LogP contribution in [0.25, 0.3) is 44.4 Å². The van der Waals surface area contributed by atoms with Crippen LogP contribution in [-0.2, 0) is 32.1 Å². The predicted octanol–water partition coefficient (Wildman–Crippen LogP) is 6.49. The maximum Gasteiger partial charge on any atom is 0.305 e. The molecule has 0 amide bonds. The lowest BCUT2D eigenvalue weighted by Gasteiger charge is -2.07. The van der Waals surface area contributed by atoms with Gasteiger partial charge in [-0.3, -0.25) is 19.2 Å². The van der Waals surface area contributed by atoms with Gasteiger partial charge in [0.05, 0.1) is 29.2 Å². The number of aromatic nitrogens is 4. The molecule has 0 atom stereocenters. The van der Waals surface area contributed by atoms with Gasteiger partial charge in [-0.25, -0.2) is 9.97 Å². The molecule has 0 saturated heterocycles. The summed E-state index contributed by atoms with van der Waals surface area (Å²) in [4.78, 5) is 59.8. The number of rotatable bonds is 12. The van der Waals surface area contributed by atoms with E-state index in [0.717, 1.165) is 55.5 Å². The third-order valence-corrected chi connectivity index (χ3v) is 9.03. The Morgan fingerprint density at radius 1 is 0.625 bits per heavy atom. The number of aryl methyl sites for hydroxylation is 4. The van der Waals surface area contributed by atoms with Crippen molar-refractivity contribution in [1.82, 2.24) is 19.5 Å². The van der Waals surface area contributed by atoms with Crippen molar-refractivity contribution >= 4 is 68.2 Å². The first-order chi connectivity index (χ1) is 22.7. The number of aromatic amines is 1. The van der Waals surface area contributed by atoms with Crippen LogP contribution in [0.1, 0.15) is 91.8 Å². The second-order valence-electron chi connectivity index (χ2n) is 12.2. The van der Waals surface area contributed by atoms with E-state index in [4.69, 9.17) is 9.97 Å². The van der Waals surface area contributed by atoms with Gasteiger partial charge in [-0.1, -0.05) is 0 Å². The predicted molar refractivity (Wildman–Crippen MR) is 181 cm³/mol. The summed E-state index contributed by atoms with van der Waals surface area (Å²) >= 11 is 0. The molecular formula is C36H38N4O8. The number of carbonyl (C=O) groups is 4. The van der Waals surface area contributed by atoms with E-state index in [-0.39, 0.29) is 51.5 Å². The first kappa shape index (κ1) is 33.8. The Balaban J connectivity index is 1.93. The van der Waals surface area contributed by atoms with E-state index in [1.54, 1.807) is 6.07 Å². The van der Waals surface area contributed by atoms with Crippen LogP contribution in [0.4, 0.5) is 0 Å². The molecule has 0 radical (unpaired) electrons. The molecule has 0 aliphatic carbocycles. The fraction of sp³-hybridized carbons (Fsp3) is 0.333. The number of carboxylic acid groups (broad SMARTS) is 4. The number of H-pyrrole nitrogens is 1. The van der Waals surface area contributed by atoms with Crippen molar-refractivity contribution < 1.29 is 39.6 Å². The van der Waals surface area contributed by atoms with E-state index in [0.29, 0.717) is 28.3 Å². The maximum atomic E-state index is 11.7. The molecule has 12 heteroatoms. The molecule has 0 unspecified atom stereocenters. The van der Waals surface area contributed by atoms with Crippen molar-refractivity contribution in [3.05, 3.63) is 69.8 Å². The van der Waals surface area contributed by atoms with Gasteiger partial charge in [0.1, 0.15) is 0 Å². The number of aliphatic carboxylic acids is 4. The van der Waals surface area contributed by atoms with Crippen LogP contribution in [0.5, 0.6) is 0 Å². The Morgan fingerprint density at radius 3 is 1.71 bits per heavy atom. The molecule has 48 heavy (non-hydrogen) atoms. The van der Waals surface area contributed by atoms with Crippen molar-refractivity contribution in [1.29, 1.82) is 0 Å². The van der Waals surface area contributed by atoms with Gasteiger partial charge in [0.2, 0.25) is 0 Å². The van der Waals surface area contributed by atoms with Gasteiger partial charge in [0.15, 0.2) is 0 Å². The lowest BCUT2D eigenvalue weighted by molar-refractivity contribution is -0.138. The van der Waals surface area contributed by atoms with Crippen molar-refractivity contribution in [3.8, 4) is 0 Å².